The second kappa shape index (κ2) is 5.45. The highest BCUT2D eigenvalue weighted by Crippen LogP contribution is 2.24. The van der Waals surface area contributed by atoms with Crippen LogP contribution in [-0.4, -0.2) is 28.7 Å². The number of fused-ring (bicyclic) bond motifs is 1. The van der Waals surface area contributed by atoms with E-state index >= 15 is 0 Å². The van der Waals surface area contributed by atoms with Crippen molar-refractivity contribution in [2.24, 2.45) is 0 Å². The van der Waals surface area contributed by atoms with E-state index in [1.165, 1.54) is 17.8 Å². The number of nitrogens with zero attached hydrogens (tertiary/aromatic N) is 3. The maximum atomic E-state index is 12.5. The Labute approximate surface area is 134 Å². The number of rotatable bonds is 3. The first-order chi connectivity index (χ1) is 10.4. The van der Waals surface area contributed by atoms with Crippen molar-refractivity contribution < 1.29 is 8.42 Å². The van der Waals surface area contributed by atoms with Gasteiger partial charge in [-0.25, -0.2) is 18.4 Å². The van der Waals surface area contributed by atoms with Crippen LogP contribution in [0.1, 0.15) is 6.92 Å². The molecule has 0 spiro atoms. The molecule has 22 heavy (non-hydrogen) atoms. The second-order valence-corrected chi connectivity index (χ2v) is 8.27. The molecule has 0 aliphatic heterocycles. The van der Waals surface area contributed by atoms with Crippen LogP contribution in [0.4, 0.5) is 0 Å². The minimum Gasteiger partial charge on any atom is -0.267 e. The minimum absolute atomic E-state index is 0.0779. The van der Waals surface area contributed by atoms with Crippen molar-refractivity contribution in [3.63, 3.8) is 0 Å². The Bertz CT molecular complexity index is 1020. The van der Waals surface area contributed by atoms with Crippen molar-refractivity contribution in [2.45, 2.75) is 11.3 Å². The molecule has 0 aliphatic rings. The number of hydrogen-bond acceptors (Lipinski definition) is 6. The lowest BCUT2D eigenvalue weighted by atomic mass is 10.3. The van der Waals surface area contributed by atoms with Gasteiger partial charge in [0.05, 0.1) is 16.5 Å². The zero-order chi connectivity index (χ0) is 15.9. The molecule has 0 amide bonds. The molecule has 2 heterocycles. The summed E-state index contributed by atoms with van der Waals surface area (Å²) in [7, 11) is -3.47. The molecule has 0 fully saturated rings. The SMILES string of the molecule is CCS(=O)(=O)c1nc2ncn(-c3ccccc3Cl)c(=O)c2s1. The van der Waals surface area contributed by atoms with Crippen LogP contribution in [-0.2, 0) is 9.84 Å². The number of aromatic nitrogens is 3. The van der Waals surface area contributed by atoms with Gasteiger partial charge in [0.15, 0.2) is 5.65 Å². The summed E-state index contributed by atoms with van der Waals surface area (Å²) in [6, 6.07) is 6.84. The van der Waals surface area contributed by atoms with Crippen LogP contribution in [0, 0.1) is 0 Å². The molecular weight excluding hydrogens is 346 g/mol. The van der Waals surface area contributed by atoms with E-state index in [1.54, 1.807) is 24.3 Å². The number of hydrogen-bond donors (Lipinski definition) is 0. The topological polar surface area (TPSA) is 81.9 Å². The summed E-state index contributed by atoms with van der Waals surface area (Å²) in [5.41, 5.74) is 0.218. The van der Waals surface area contributed by atoms with Crippen molar-refractivity contribution in [3.05, 3.63) is 46.0 Å². The van der Waals surface area contributed by atoms with Gasteiger partial charge in [-0.3, -0.25) is 9.36 Å². The third kappa shape index (κ3) is 2.43. The number of para-hydroxylation sites is 1. The van der Waals surface area contributed by atoms with Gasteiger partial charge >= 0.3 is 0 Å². The van der Waals surface area contributed by atoms with Gasteiger partial charge in [0, 0.05) is 0 Å². The summed E-state index contributed by atoms with van der Waals surface area (Å²) >= 11 is 6.92. The lowest BCUT2D eigenvalue weighted by Gasteiger charge is -2.06. The fraction of sp³-hybridized carbons (Fsp3) is 0.154. The lowest BCUT2D eigenvalue weighted by molar-refractivity contribution is 0.596. The van der Waals surface area contributed by atoms with Gasteiger partial charge in [-0.15, -0.1) is 0 Å². The van der Waals surface area contributed by atoms with Crippen LogP contribution in [0.25, 0.3) is 16.0 Å². The summed E-state index contributed by atoms with van der Waals surface area (Å²) < 4.78 is 25.1. The Morgan fingerprint density at radius 2 is 2.05 bits per heavy atom. The molecule has 0 saturated carbocycles. The van der Waals surface area contributed by atoms with Crippen molar-refractivity contribution in [2.75, 3.05) is 5.75 Å². The van der Waals surface area contributed by atoms with Gasteiger partial charge in [0.25, 0.3) is 5.56 Å². The molecule has 114 valence electrons. The second-order valence-electron chi connectivity index (χ2n) is 4.41. The highest BCUT2D eigenvalue weighted by molar-refractivity contribution is 7.93. The predicted molar refractivity (Wildman–Crippen MR) is 85.7 cm³/mol. The van der Waals surface area contributed by atoms with E-state index in [1.807, 2.05) is 0 Å². The summed E-state index contributed by atoms with van der Waals surface area (Å²) in [5, 5.41) is 0.400. The van der Waals surface area contributed by atoms with Crippen molar-refractivity contribution in [1.29, 1.82) is 0 Å². The third-order valence-corrected chi connectivity index (χ3v) is 6.60. The highest BCUT2D eigenvalue weighted by atomic mass is 35.5. The number of sulfone groups is 1. The van der Waals surface area contributed by atoms with E-state index in [2.05, 4.69) is 9.97 Å². The van der Waals surface area contributed by atoms with E-state index in [-0.39, 0.29) is 20.4 Å². The molecule has 0 unspecified atom stereocenters. The first-order valence-corrected chi connectivity index (χ1v) is 9.14. The van der Waals surface area contributed by atoms with Crippen LogP contribution in [0.15, 0.2) is 39.7 Å². The third-order valence-electron chi connectivity index (χ3n) is 3.06. The fourth-order valence-electron chi connectivity index (χ4n) is 1.87. The molecule has 0 saturated heterocycles. The summed E-state index contributed by atoms with van der Waals surface area (Å²) in [4.78, 5) is 20.6. The molecular formula is C13H10ClN3O3S2. The molecule has 1 aromatic carbocycles. The Morgan fingerprint density at radius 3 is 2.73 bits per heavy atom. The van der Waals surface area contributed by atoms with Gasteiger partial charge in [-0.2, -0.15) is 0 Å². The molecule has 9 heteroatoms. The van der Waals surface area contributed by atoms with E-state index in [9.17, 15) is 13.2 Å². The summed E-state index contributed by atoms with van der Waals surface area (Å²) in [6.45, 7) is 1.52. The maximum Gasteiger partial charge on any atom is 0.277 e. The first kappa shape index (κ1) is 15.1. The smallest absolute Gasteiger partial charge is 0.267 e. The quantitative estimate of drug-likeness (QED) is 0.720. The zero-order valence-corrected chi connectivity index (χ0v) is 13.7. The normalized spacial score (nSPS) is 11.9. The number of benzene rings is 1. The molecule has 0 aliphatic carbocycles. The Kier molecular flexibility index (Phi) is 3.75. The minimum atomic E-state index is -3.47. The van der Waals surface area contributed by atoms with Crippen molar-refractivity contribution in [3.8, 4) is 5.69 Å². The Balaban J connectivity index is 2.28. The molecule has 3 rings (SSSR count). The molecule has 6 nitrogen and oxygen atoms in total. The van der Waals surface area contributed by atoms with Gasteiger partial charge in [0.1, 0.15) is 11.0 Å². The fourth-order valence-corrected chi connectivity index (χ4v) is 4.36. The van der Waals surface area contributed by atoms with Gasteiger partial charge in [-0.05, 0) is 12.1 Å². The highest BCUT2D eigenvalue weighted by Gasteiger charge is 2.20. The van der Waals surface area contributed by atoms with E-state index < -0.39 is 15.4 Å². The monoisotopic (exact) mass is 355 g/mol. The maximum absolute atomic E-state index is 12.5. The molecule has 0 radical (unpaired) electrons. The molecule has 0 atom stereocenters. The average Bonchev–Trinajstić information content (AvgIpc) is 2.95. The molecule has 0 bridgehead atoms. The van der Waals surface area contributed by atoms with Crippen LogP contribution < -0.4 is 5.56 Å². The average molecular weight is 356 g/mol. The van der Waals surface area contributed by atoms with E-state index in [0.717, 1.165) is 11.3 Å². The van der Waals surface area contributed by atoms with Crippen molar-refractivity contribution in [1.82, 2.24) is 14.5 Å². The standard InChI is InChI=1S/C13H10ClN3O3S2/c1-2-22(19,20)13-16-11-10(21-13)12(18)17(7-15-11)9-6-4-3-5-8(9)14/h3-7H,2H2,1H3. The Morgan fingerprint density at radius 1 is 1.32 bits per heavy atom. The van der Waals surface area contributed by atoms with Gasteiger partial charge in [-0.1, -0.05) is 42.0 Å². The zero-order valence-electron chi connectivity index (χ0n) is 11.4. The van der Waals surface area contributed by atoms with Crippen LogP contribution in [0.2, 0.25) is 5.02 Å². The van der Waals surface area contributed by atoms with E-state index in [0.29, 0.717) is 10.7 Å². The largest absolute Gasteiger partial charge is 0.277 e. The van der Waals surface area contributed by atoms with Crippen LogP contribution >= 0.6 is 22.9 Å². The number of thiazole rings is 1. The van der Waals surface area contributed by atoms with Gasteiger partial charge in [0.2, 0.25) is 14.2 Å². The van der Waals surface area contributed by atoms with Crippen molar-refractivity contribution >= 4 is 43.1 Å². The molecule has 0 N–H and O–H groups in total. The molecule has 2 aromatic heterocycles. The Hall–Kier alpha value is -1.77. The van der Waals surface area contributed by atoms with Crippen LogP contribution in [0.3, 0.4) is 0 Å². The summed E-state index contributed by atoms with van der Waals surface area (Å²) in [6.07, 6.45) is 1.30. The van der Waals surface area contributed by atoms with Gasteiger partial charge < -0.3 is 0 Å². The summed E-state index contributed by atoms with van der Waals surface area (Å²) in [5.74, 6) is -0.0779. The number of halogens is 1. The molecule has 3 aromatic rings. The van der Waals surface area contributed by atoms with E-state index in [4.69, 9.17) is 11.6 Å². The lowest BCUT2D eigenvalue weighted by Crippen LogP contribution is -2.18. The predicted octanol–water partition coefficient (Wildman–Crippen LogP) is 2.29. The first-order valence-electron chi connectivity index (χ1n) is 6.30. The van der Waals surface area contributed by atoms with Crippen LogP contribution in [0.5, 0.6) is 0 Å².